The molecule has 0 bridgehead atoms. The highest BCUT2D eigenvalue weighted by Crippen LogP contribution is 2.08. The minimum atomic E-state index is -1.51. The zero-order chi connectivity index (χ0) is 14.6. The largest absolute Gasteiger partial charge is 0.0622 e. The van der Waals surface area contributed by atoms with Gasteiger partial charge in [-0.1, -0.05) is 60.7 Å². The molecule has 0 spiro atoms. The van der Waals surface area contributed by atoms with Gasteiger partial charge in [0, 0.05) is 5.48 Å². The number of hydrogen-bond donors (Lipinski definition) is 0. The second kappa shape index (κ2) is 6.12. The van der Waals surface area contributed by atoms with Crippen LogP contribution in [0.2, 0.25) is 0 Å². The van der Waals surface area contributed by atoms with Gasteiger partial charge in [-0.25, -0.2) is 0 Å². The van der Waals surface area contributed by atoms with E-state index in [-0.39, 0.29) is 12.8 Å². The summed E-state index contributed by atoms with van der Waals surface area (Å²) < 4.78 is 32.4. The van der Waals surface area contributed by atoms with Crippen molar-refractivity contribution < 1.29 is 5.48 Å². The second-order valence-corrected chi connectivity index (χ2v) is 3.59. The highest BCUT2D eigenvalue weighted by molar-refractivity contribution is 5.16. The van der Waals surface area contributed by atoms with E-state index < -0.39 is 12.7 Å². The predicted octanol–water partition coefficient (Wildman–Crippen LogP) is 4.25. The lowest BCUT2D eigenvalue weighted by Gasteiger charge is -2.02. The molecular formula is C16H18. The van der Waals surface area contributed by atoms with Gasteiger partial charge in [-0.15, -0.1) is 0 Å². The van der Waals surface area contributed by atoms with Crippen LogP contribution in [0.3, 0.4) is 0 Å². The Kier molecular flexibility index (Phi) is 2.64. The van der Waals surface area contributed by atoms with Crippen LogP contribution in [-0.4, -0.2) is 0 Å². The van der Waals surface area contributed by atoms with Gasteiger partial charge in [-0.2, -0.15) is 0 Å². The molecule has 0 aliphatic rings. The van der Waals surface area contributed by atoms with E-state index in [9.17, 15) is 0 Å². The molecule has 0 aliphatic carbocycles. The minimum absolute atomic E-state index is 0.152. The van der Waals surface area contributed by atoms with E-state index in [0.717, 1.165) is 0 Å². The van der Waals surface area contributed by atoms with Crippen LogP contribution < -0.4 is 0 Å². The van der Waals surface area contributed by atoms with Crippen LogP contribution >= 0.6 is 0 Å². The van der Waals surface area contributed by atoms with Crippen LogP contribution in [0.25, 0.3) is 0 Å². The molecule has 0 fully saturated rings. The first-order chi connectivity index (χ1) is 9.42. The molecule has 0 aromatic heterocycles. The highest BCUT2D eigenvalue weighted by atomic mass is 14.0. The molecule has 0 heteroatoms. The number of hydrogen-bond acceptors (Lipinski definition) is 0. The molecule has 0 N–H and O–H groups in total. The van der Waals surface area contributed by atoms with Crippen molar-refractivity contribution in [2.24, 2.45) is 0 Å². The Bertz CT molecular complexity index is 483. The molecule has 0 amide bonds. The van der Waals surface area contributed by atoms with Crippen molar-refractivity contribution in [3.8, 4) is 0 Å². The van der Waals surface area contributed by atoms with Gasteiger partial charge < -0.3 is 0 Å². The molecule has 2 aromatic rings. The summed E-state index contributed by atoms with van der Waals surface area (Å²) in [5, 5.41) is 0. The number of rotatable bonds is 5. The first kappa shape index (κ1) is 6.90. The van der Waals surface area contributed by atoms with Crippen molar-refractivity contribution >= 4 is 0 Å². The fourth-order valence-corrected chi connectivity index (χ4v) is 1.53. The average Bonchev–Trinajstić information content (AvgIpc) is 2.47. The molecule has 0 saturated carbocycles. The SMILES string of the molecule is [2H]C([2H])(CCC([2H])([2H])c1ccccc1)c1ccccc1. The zero-order valence-electron chi connectivity index (χ0n) is 13.2. The molecule has 0 heterocycles. The number of benzene rings is 2. The van der Waals surface area contributed by atoms with Crippen LogP contribution in [0.4, 0.5) is 0 Å². The molecule has 82 valence electrons. The van der Waals surface area contributed by atoms with Crippen LogP contribution in [0.1, 0.15) is 29.5 Å². The summed E-state index contributed by atoms with van der Waals surface area (Å²) in [6.07, 6.45) is -2.72. The maximum atomic E-state index is 8.11. The first-order valence-corrected chi connectivity index (χ1v) is 5.53. The van der Waals surface area contributed by atoms with E-state index >= 15 is 0 Å². The molecule has 0 nitrogen and oxygen atoms in total. The molecular weight excluding hydrogens is 192 g/mol. The highest BCUT2D eigenvalue weighted by Gasteiger charge is 1.94. The Morgan fingerprint density at radius 3 is 1.38 bits per heavy atom. The lowest BCUT2D eigenvalue weighted by molar-refractivity contribution is 0.734. The Balaban J connectivity index is 2.08. The van der Waals surface area contributed by atoms with Crippen molar-refractivity contribution in [2.45, 2.75) is 25.6 Å². The first-order valence-electron chi connectivity index (χ1n) is 7.53. The van der Waals surface area contributed by atoms with Gasteiger partial charge >= 0.3 is 0 Å². The van der Waals surface area contributed by atoms with E-state index in [1.807, 2.05) is 12.1 Å². The maximum Gasteiger partial charge on any atom is 0.0316 e. The molecule has 0 radical (unpaired) electrons. The van der Waals surface area contributed by atoms with Gasteiger partial charge in [0.2, 0.25) is 0 Å². The van der Waals surface area contributed by atoms with Crippen LogP contribution in [0, 0.1) is 0 Å². The zero-order valence-corrected chi connectivity index (χ0v) is 9.19. The van der Waals surface area contributed by atoms with E-state index in [2.05, 4.69) is 0 Å². The lowest BCUT2D eigenvalue weighted by Crippen LogP contribution is -1.88. The van der Waals surface area contributed by atoms with Crippen LogP contribution in [0.5, 0.6) is 0 Å². The molecule has 0 atom stereocenters. The van der Waals surface area contributed by atoms with Gasteiger partial charge in [0.15, 0.2) is 0 Å². The molecule has 0 aliphatic heterocycles. The lowest BCUT2D eigenvalue weighted by atomic mass is 10.0. The Labute approximate surface area is 104 Å². The minimum Gasteiger partial charge on any atom is -0.0622 e. The second-order valence-electron chi connectivity index (χ2n) is 3.59. The fourth-order valence-electron chi connectivity index (χ4n) is 1.53. The summed E-state index contributed by atoms with van der Waals surface area (Å²) in [5.41, 5.74) is 1.20. The Hall–Kier alpha value is -1.56. The number of aryl methyl sites for hydroxylation is 2. The van der Waals surface area contributed by atoms with Crippen LogP contribution in [-0.2, 0) is 12.7 Å². The van der Waals surface area contributed by atoms with Crippen molar-refractivity contribution in [3.63, 3.8) is 0 Å². The molecule has 0 saturated heterocycles. The van der Waals surface area contributed by atoms with E-state index in [1.165, 1.54) is 0 Å². The van der Waals surface area contributed by atoms with Crippen molar-refractivity contribution in [1.82, 2.24) is 0 Å². The summed E-state index contributed by atoms with van der Waals surface area (Å²) in [7, 11) is 0. The van der Waals surface area contributed by atoms with Gasteiger partial charge in [0.25, 0.3) is 0 Å². The summed E-state index contributed by atoms with van der Waals surface area (Å²) in [4.78, 5) is 0. The topological polar surface area (TPSA) is 0 Å². The third-order valence-electron chi connectivity index (χ3n) is 2.33. The molecule has 0 unspecified atom stereocenters. The van der Waals surface area contributed by atoms with Gasteiger partial charge in [-0.05, 0) is 36.7 Å². The van der Waals surface area contributed by atoms with Crippen molar-refractivity contribution in [3.05, 3.63) is 71.8 Å². The van der Waals surface area contributed by atoms with Crippen molar-refractivity contribution in [1.29, 1.82) is 0 Å². The molecule has 16 heavy (non-hydrogen) atoms. The predicted molar refractivity (Wildman–Crippen MR) is 69.5 cm³/mol. The van der Waals surface area contributed by atoms with E-state index in [4.69, 9.17) is 5.48 Å². The third-order valence-corrected chi connectivity index (χ3v) is 2.33. The third kappa shape index (κ3) is 3.54. The van der Waals surface area contributed by atoms with E-state index in [0.29, 0.717) is 11.1 Å². The normalized spacial score (nSPS) is 15.8. The monoisotopic (exact) mass is 214 g/mol. The Morgan fingerprint density at radius 2 is 1.00 bits per heavy atom. The quantitative estimate of drug-likeness (QED) is 0.698. The smallest absolute Gasteiger partial charge is 0.0316 e. The summed E-state index contributed by atoms with van der Waals surface area (Å²) in [6, 6.07) is 17.9. The average molecular weight is 214 g/mol. The molecule has 2 aromatic carbocycles. The van der Waals surface area contributed by atoms with Crippen LogP contribution in [0.15, 0.2) is 60.7 Å². The summed E-state index contributed by atoms with van der Waals surface area (Å²) >= 11 is 0. The van der Waals surface area contributed by atoms with Gasteiger partial charge in [-0.3, -0.25) is 0 Å². The van der Waals surface area contributed by atoms with Crippen molar-refractivity contribution in [2.75, 3.05) is 0 Å². The Morgan fingerprint density at radius 1 is 0.625 bits per heavy atom. The standard InChI is InChI=1S/C16H18/c1-3-9-15(10-4-1)13-7-8-14-16-11-5-2-6-12-16/h1-6,9-12H,7-8,13-14H2/i13D2,14D2. The molecule has 2 rings (SSSR count). The maximum absolute atomic E-state index is 8.11. The summed E-state index contributed by atoms with van der Waals surface area (Å²) in [5.74, 6) is 0. The van der Waals surface area contributed by atoms with Gasteiger partial charge in [0.05, 0.1) is 0 Å². The van der Waals surface area contributed by atoms with Gasteiger partial charge in [0.1, 0.15) is 0 Å². The van der Waals surface area contributed by atoms with E-state index in [1.54, 1.807) is 48.5 Å². The fraction of sp³-hybridized carbons (Fsp3) is 0.250. The summed E-state index contributed by atoms with van der Waals surface area (Å²) in [6.45, 7) is 0.